The van der Waals surface area contributed by atoms with Gasteiger partial charge in [0.1, 0.15) is 5.57 Å². The number of phenols is 1. The van der Waals surface area contributed by atoms with Crippen molar-refractivity contribution in [2.45, 2.75) is 26.0 Å². The Kier molecular flexibility index (Phi) is 3.97. The summed E-state index contributed by atoms with van der Waals surface area (Å²) in [7, 11) is 0. The number of ether oxygens (including phenoxy) is 3. The maximum absolute atomic E-state index is 12.2. The molecular weight excluding hydrogens is 321 g/mol. The summed E-state index contributed by atoms with van der Waals surface area (Å²) in [5.74, 6) is -5.00. The summed E-state index contributed by atoms with van der Waals surface area (Å²) in [4.78, 5) is 23.5. The van der Waals surface area contributed by atoms with Gasteiger partial charge in [0.15, 0.2) is 11.5 Å². The summed E-state index contributed by atoms with van der Waals surface area (Å²) in [6.45, 7) is 2.71. The van der Waals surface area contributed by atoms with Gasteiger partial charge in [-0.25, -0.2) is 9.59 Å². The van der Waals surface area contributed by atoms with Crippen LogP contribution in [0.4, 0.5) is 13.2 Å². The van der Waals surface area contributed by atoms with Crippen molar-refractivity contribution in [3.63, 3.8) is 0 Å². The number of phenolic OH excluding ortho intramolecular Hbond substituents is 1. The SMILES string of the molecule is CC1(C)OC(=O)C(=Cc2ccc(O)c(OC(F)(F)F)c2)C(=O)O1. The lowest BCUT2D eigenvalue weighted by atomic mass is 10.1. The Morgan fingerprint density at radius 2 is 1.74 bits per heavy atom. The van der Waals surface area contributed by atoms with Crippen molar-refractivity contribution in [3.05, 3.63) is 29.3 Å². The predicted molar refractivity (Wildman–Crippen MR) is 69.0 cm³/mol. The molecule has 0 aromatic heterocycles. The molecule has 0 atom stereocenters. The van der Waals surface area contributed by atoms with E-state index in [0.29, 0.717) is 0 Å². The van der Waals surface area contributed by atoms with E-state index in [1.54, 1.807) is 0 Å². The zero-order chi connectivity index (χ0) is 17.4. The van der Waals surface area contributed by atoms with Gasteiger partial charge in [0.05, 0.1) is 0 Å². The first kappa shape index (κ1) is 16.7. The molecule has 2 rings (SSSR count). The highest BCUT2D eigenvalue weighted by molar-refractivity contribution is 6.18. The predicted octanol–water partition coefficient (Wildman–Crippen LogP) is 2.51. The van der Waals surface area contributed by atoms with Crippen LogP contribution in [0.5, 0.6) is 11.5 Å². The first-order valence-corrected chi connectivity index (χ1v) is 6.24. The Bertz CT molecular complexity index is 668. The number of hydrogen-bond acceptors (Lipinski definition) is 6. The van der Waals surface area contributed by atoms with Crippen LogP contribution in [0.15, 0.2) is 23.8 Å². The quantitative estimate of drug-likeness (QED) is 0.509. The number of aromatic hydroxyl groups is 1. The topological polar surface area (TPSA) is 82.1 Å². The van der Waals surface area contributed by atoms with Crippen LogP contribution >= 0.6 is 0 Å². The first-order valence-electron chi connectivity index (χ1n) is 6.24. The van der Waals surface area contributed by atoms with E-state index < -0.39 is 41.2 Å². The zero-order valence-corrected chi connectivity index (χ0v) is 11.9. The molecule has 1 aliphatic rings. The first-order chi connectivity index (χ1) is 10.5. The van der Waals surface area contributed by atoms with Gasteiger partial charge in [-0.3, -0.25) is 0 Å². The van der Waals surface area contributed by atoms with Crippen LogP contribution in [0.25, 0.3) is 6.08 Å². The minimum Gasteiger partial charge on any atom is -0.504 e. The fourth-order valence-corrected chi connectivity index (χ4v) is 1.77. The molecule has 1 fully saturated rings. The number of hydrogen-bond donors (Lipinski definition) is 1. The summed E-state index contributed by atoms with van der Waals surface area (Å²) >= 11 is 0. The van der Waals surface area contributed by atoms with Crippen molar-refractivity contribution in [2.24, 2.45) is 0 Å². The molecule has 9 heteroatoms. The van der Waals surface area contributed by atoms with E-state index in [4.69, 9.17) is 9.47 Å². The minimum absolute atomic E-state index is 0.00524. The lowest BCUT2D eigenvalue weighted by molar-refractivity contribution is -0.275. The number of alkyl halides is 3. The molecule has 23 heavy (non-hydrogen) atoms. The van der Waals surface area contributed by atoms with Gasteiger partial charge in [0.25, 0.3) is 5.79 Å². The van der Waals surface area contributed by atoms with Crippen LogP contribution in [0.3, 0.4) is 0 Å². The third kappa shape index (κ3) is 4.15. The summed E-state index contributed by atoms with van der Waals surface area (Å²) in [5, 5.41) is 9.35. The van der Waals surface area contributed by atoms with Crippen LogP contribution in [0, 0.1) is 0 Å². The van der Waals surface area contributed by atoms with Crippen molar-refractivity contribution in [2.75, 3.05) is 0 Å². The van der Waals surface area contributed by atoms with E-state index >= 15 is 0 Å². The van der Waals surface area contributed by atoms with Crippen molar-refractivity contribution < 1.29 is 42.1 Å². The monoisotopic (exact) mass is 332 g/mol. The van der Waals surface area contributed by atoms with E-state index in [2.05, 4.69) is 4.74 Å². The average molecular weight is 332 g/mol. The molecule has 0 bridgehead atoms. The number of rotatable bonds is 2. The smallest absolute Gasteiger partial charge is 0.504 e. The maximum atomic E-state index is 12.2. The summed E-state index contributed by atoms with van der Waals surface area (Å²) < 4.78 is 50.0. The Morgan fingerprint density at radius 3 is 2.26 bits per heavy atom. The van der Waals surface area contributed by atoms with Gasteiger partial charge in [-0.05, 0) is 23.8 Å². The second kappa shape index (κ2) is 5.49. The van der Waals surface area contributed by atoms with Gasteiger partial charge in [-0.1, -0.05) is 6.07 Å². The molecule has 1 aromatic carbocycles. The van der Waals surface area contributed by atoms with Gasteiger partial charge in [0.2, 0.25) is 0 Å². The second-order valence-electron chi connectivity index (χ2n) is 5.01. The normalized spacial score (nSPS) is 17.3. The molecule has 1 N–H and O–H groups in total. The number of benzene rings is 1. The molecule has 0 unspecified atom stereocenters. The Morgan fingerprint density at radius 1 is 1.17 bits per heavy atom. The van der Waals surface area contributed by atoms with Crippen LogP contribution in [0.1, 0.15) is 19.4 Å². The summed E-state index contributed by atoms with van der Waals surface area (Å²) in [6, 6.07) is 2.93. The number of carbonyl (C=O) groups excluding carboxylic acids is 2. The van der Waals surface area contributed by atoms with E-state index in [1.165, 1.54) is 19.9 Å². The molecule has 1 saturated heterocycles. The Labute approximate surface area is 128 Å². The molecule has 0 spiro atoms. The molecule has 0 amide bonds. The number of cyclic esters (lactones) is 2. The second-order valence-corrected chi connectivity index (χ2v) is 5.01. The zero-order valence-electron chi connectivity index (χ0n) is 11.9. The fraction of sp³-hybridized carbons (Fsp3) is 0.286. The molecule has 124 valence electrons. The highest BCUT2D eigenvalue weighted by Crippen LogP contribution is 2.33. The molecule has 0 aliphatic carbocycles. The standard InChI is InChI=1S/C14H11F3O6/c1-13(2)22-11(19)8(12(20)23-13)5-7-3-4-9(18)10(6-7)21-14(15,16)17/h3-6,18H,1-2H3. The van der Waals surface area contributed by atoms with Gasteiger partial charge in [-0.2, -0.15) is 0 Å². The van der Waals surface area contributed by atoms with E-state index in [-0.39, 0.29) is 5.56 Å². The van der Waals surface area contributed by atoms with Crippen molar-refractivity contribution >= 4 is 18.0 Å². The summed E-state index contributed by atoms with van der Waals surface area (Å²) in [5.41, 5.74) is -0.487. The molecule has 1 aliphatic heterocycles. The average Bonchev–Trinajstić information content (AvgIpc) is 2.34. The number of esters is 2. The largest absolute Gasteiger partial charge is 0.573 e. The number of halogens is 3. The lowest BCUT2D eigenvalue weighted by Crippen LogP contribution is -2.41. The van der Waals surface area contributed by atoms with Gasteiger partial charge < -0.3 is 19.3 Å². The van der Waals surface area contributed by atoms with Crippen LogP contribution in [-0.4, -0.2) is 29.2 Å². The molecular formula is C14H11F3O6. The van der Waals surface area contributed by atoms with Gasteiger partial charge >= 0.3 is 18.3 Å². The molecule has 6 nitrogen and oxygen atoms in total. The van der Waals surface area contributed by atoms with Gasteiger partial charge in [0, 0.05) is 13.8 Å². The third-order valence-electron chi connectivity index (χ3n) is 2.64. The minimum atomic E-state index is -5.00. The van der Waals surface area contributed by atoms with E-state index in [0.717, 1.165) is 18.2 Å². The van der Waals surface area contributed by atoms with E-state index in [9.17, 15) is 27.9 Å². The molecule has 1 heterocycles. The number of carbonyl (C=O) groups is 2. The van der Waals surface area contributed by atoms with Crippen LogP contribution < -0.4 is 4.74 Å². The molecule has 0 saturated carbocycles. The lowest BCUT2D eigenvalue weighted by Gasteiger charge is -2.29. The van der Waals surface area contributed by atoms with Crippen LogP contribution in [0.2, 0.25) is 0 Å². The highest BCUT2D eigenvalue weighted by atomic mass is 19.4. The van der Waals surface area contributed by atoms with Crippen molar-refractivity contribution in [1.82, 2.24) is 0 Å². The highest BCUT2D eigenvalue weighted by Gasteiger charge is 2.39. The summed E-state index contributed by atoms with van der Waals surface area (Å²) in [6.07, 6.45) is -4.03. The van der Waals surface area contributed by atoms with Crippen molar-refractivity contribution in [3.8, 4) is 11.5 Å². The van der Waals surface area contributed by atoms with Crippen LogP contribution in [-0.2, 0) is 19.1 Å². The van der Waals surface area contributed by atoms with Crippen molar-refractivity contribution in [1.29, 1.82) is 0 Å². The fourth-order valence-electron chi connectivity index (χ4n) is 1.77. The van der Waals surface area contributed by atoms with Gasteiger partial charge in [-0.15, -0.1) is 13.2 Å². The van der Waals surface area contributed by atoms with E-state index in [1.807, 2.05) is 0 Å². The molecule has 1 aromatic rings. The Balaban J connectivity index is 2.34. The maximum Gasteiger partial charge on any atom is 0.573 e. The Hall–Kier alpha value is -2.71. The molecule has 0 radical (unpaired) electrons. The third-order valence-corrected chi connectivity index (χ3v) is 2.64.